The zero-order valence-electron chi connectivity index (χ0n) is 16.9. The molecular weight excluding hydrogens is 506 g/mol. The smallest absolute Gasteiger partial charge is 0.272 e. The molecule has 11 heteroatoms. The number of carbonyl (C=O) groups is 2. The number of para-hydroxylation sites is 1. The fourth-order valence-electron chi connectivity index (χ4n) is 3.43. The third kappa shape index (κ3) is 4.54. The Morgan fingerprint density at radius 1 is 1.03 bits per heavy atom. The molecule has 0 aliphatic heterocycles. The molecule has 4 N–H and O–H groups in total. The van der Waals surface area contributed by atoms with Crippen LogP contribution >= 0.6 is 27.3 Å². The summed E-state index contributed by atoms with van der Waals surface area (Å²) >= 11 is 4.96. The van der Waals surface area contributed by atoms with Crippen molar-refractivity contribution >= 4 is 61.4 Å². The first kappa shape index (κ1) is 21.0. The first-order valence-corrected chi connectivity index (χ1v) is 11.5. The van der Waals surface area contributed by atoms with Crippen LogP contribution in [0.3, 0.4) is 0 Å². The first-order chi connectivity index (χ1) is 16.1. The highest BCUT2D eigenvalue weighted by Crippen LogP contribution is 2.29. The van der Waals surface area contributed by atoms with Gasteiger partial charge in [-0.05, 0) is 52.2 Å². The fraction of sp³-hybridized carbons (Fsp3) is 0.0455. The van der Waals surface area contributed by atoms with Gasteiger partial charge in [-0.2, -0.15) is 0 Å². The average molecular weight is 522 g/mol. The van der Waals surface area contributed by atoms with Crippen molar-refractivity contribution in [1.29, 1.82) is 0 Å². The Balaban J connectivity index is 1.39. The number of fused-ring (bicyclic) bond motifs is 1. The molecule has 0 saturated carbocycles. The number of thiophene rings is 1. The predicted molar refractivity (Wildman–Crippen MR) is 130 cm³/mol. The van der Waals surface area contributed by atoms with Crippen LogP contribution in [0.1, 0.15) is 15.4 Å². The summed E-state index contributed by atoms with van der Waals surface area (Å²) in [6.45, 7) is 0. The van der Waals surface area contributed by atoms with E-state index in [0.29, 0.717) is 40.4 Å². The molecule has 2 amide bonds. The van der Waals surface area contributed by atoms with Crippen molar-refractivity contribution in [2.75, 3.05) is 10.6 Å². The van der Waals surface area contributed by atoms with Gasteiger partial charge in [0.1, 0.15) is 5.69 Å². The molecule has 0 unspecified atom stereocenters. The topological polar surface area (TPSA) is 128 Å². The molecule has 9 nitrogen and oxygen atoms in total. The number of aromatic amines is 2. The summed E-state index contributed by atoms with van der Waals surface area (Å²) in [5.74, 6) is -0.0252. The molecule has 164 valence electrons. The summed E-state index contributed by atoms with van der Waals surface area (Å²) < 4.78 is 0.820. The SMILES string of the molecule is O=C(Cc1cccs1)Nc1cccc2cc(C(=O)Nc3ccc(Br)cc3-c3nnn[nH]3)[nH]c12. The van der Waals surface area contributed by atoms with Gasteiger partial charge in [0.15, 0.2) is 5.82 Å². The maximum Gasteiger partial charge on any atom is 0.272 e. The predicted octanol–water partition coefficient (Wildman–Crippen LogP) is 4.61. The minimum absolute atomic E-state index is 0.120. The lowest BCUT2D eigenvalue weighted by Gasteiger charge is -2.09. The molecule has 0 radical (unpaired) electrons. The van der Waals surface area contributed by atoms with E-state index in [4.69, 9.17) is 0 Å². The molecule has 5 aromatic rings. The Hall–Kier alpha value is -3.83. The van der Waals surface area contributed by atoms with Crippen LogP contribution in [-0.2, 0) is 11.2 Å². The second-order valence-corrected chi connectivity index (χ2v) is 9.10. The van der Waals surface area contributed by atoms with Crippen LogP contribution in [0.5, 0.6) is 0 Å². The molecule has 0 aliphatic rings. The normalized spacial score (nSPS) is 10.9. The van der Waals surface area contributed by atoms with Crippen molar-refractivity contribution < 1.29 is 9.59 Å². The van der Waals surface area contributed by atoms with Gasteiger partial charge < -0.3 is 15.6 Å². The molecule has 0 spiro atoms. The summed E-state index contributed by atoms with van der Waals surface area (Å²) in [5, 5.41) is 22.4. The monoisotopic (exact) mass is 521 g/mol. The van der Waals surface area contributed by atoms with E-state index in [0.717, 1.165) is 14.7 Å². The molecule has 0 saturated heterocycles. The summed E-state index contributed by atoms with van der Waals surface area (Å²) in [5.41, 5.74) is 2.84. The van der Waals surface area contributed by atoms with Gasteiger partial charge in [-0.3, -0.25) is 9.59 Å². The second-order valence-electron chi connectivity index (χ2n) is 7.15. The number of halogens is 1. The Morgan fingerprint density at radius 2 is 1.94 bits per heavy atom. The number of hydrogen-bond donors (Lipinski definition) is 4. The van der Waals surface area contributed by atoms with Gasteiger partial charge in [-0.1, -0.05) is 34.1 Å². The molecule has 0 fully saturated rings. The number of H-pyrrole nitrogens is 2. The van der Waals surface area contributed by atoms with Gasteiger partial charge in [-0.15, -0.1) is 16.4 Å². The molecular formula is C22H16BrN7O2S. The Morgan fingerprint density at radius 3 is 2.73 bits per heavy atom. The van der Waals surface area contributed by atoms with E-state index in [1.807, 2.05) is 41.8 Å². The number of benzene rings is 2. The van der Waals surface area contributed by atoms with Crippen molar-refractivity contribution in [2.24, 2.45) is 0 Å². The average Bonchev–Trinajstić information content (AvgIpc) is 3.57. The Kier molecular flexibility index (Phi) is 5.71. The van der Waals surface area contributed by atoms with Crippen LogP contribution in [0.2, 0.25) is 0 Å². The number of hydrogen-bond acceptors (Lipinski definition) is 6. The number of tetrazole rings is 1. The highest BCUT2D eigenvalue weighted by atomic mass is 79.9. The zero-order valence-corrected chi connectivity index (χ0v) is 19.3. The standard InChI is InChI=1S/C22H16BrN7O2S/c23-13-6-7-16(15(10-13)21-27-29-30-28-21)26-22(32)18-9-12-3-1-5-17(20(12)25-18)24-19(31)11-14-4-2-8-33-14/h1-10,25H,11H2,(H,24,31)(H,26,32)(H,27,28,29,30). The van der Waals surface area contributed by atoms with Crippen molar-refractivity contribution in [3.8, 4) is 11.4 Å². The van der Waals surface area contributed by atoms with Crippen molar-refractivity contribution in [3.05, 3.63) is 75.0 Å². The molecule has 3 heterocycles. The minimum atomic E-state index is -0.335. The van der Waals surface area contributed by atoms with Crippen LogP contribution < -0.4 is 10.6 Å². The molecule has 0 atom stereocenters. The van der Waals surface area contributed by atoms with Crippen molar-refractivity contribution in [3.63, 3.8) is 0 Å². The van der Waals surface area contributed by atoms with Crippen molar-refractivity contribution in [1.82, 2.24) is 25.6 Å². The number of anilines is 2. The molecule has 33 heavy (non-hydrogen) atoms. The van der Waals surface area contributed by atoms with Crippen LogP contribution in [-0.4, -0.2) is 37.4 Å². The number of amides is 2. The van der Waals surface area contributed by atoms with Crippen LogP contribution in [0.4, 0.5) is 11.4 Å². The fourth-order valence-corrected chi connectivity index (χ4v) is 4.50. The quantitative estimate of drug-likeness (QED) is 0.259. The number of aromatic nitrogens is 5. The van der Waals surface area contributed by atoms with E-state index in [9.17, 15) is 9.59 Å². The number of carbonyl (C=O) groups excluding carboxylic acids is 2. The van der Waals surface area contributed by atoms with Gasteiger partial charge in [0.25, 0.3) is 5.91 Å². The number of nitrogens with zero attached hydrogens (tertiary/aromatic N) is 3. The van der Waals surface area contributed by atoms with E-state index < -0.39 is 0 Å². The lowest BCUT2D eigenvalue weighted by atomic mass is 10.1. The number of nitrogens with one attached hydrogen (secondary N) is 4. The van der Waals surface area contributed by atoms with Crippen LogP contribution in [0, 0.1) is 0 Å². The maximum atomic E-state index is 13.0. The Bertz CT molecular complexity index is 1450. The maximum absolute atomic E-state index is 13.0. The molecule has 2 aromatic carbocycles. The lowest BCUT2D eigenvalue weighted by molar-refractivity contribution is -0.115. The summed E-state index contributed by atoms with van der Waals surface area (Å²) in [6.07, 6.45) is 0.297. The summed E-state index contributed by atoms with van der Waals surface area (Å²) in [7, 11) is 0. The highest BCUT2D eigenvalue weighted by Gasteiger charge is 2.16. The molecule has 0 bridgehead atoms. The highest BCUT2D eigenvalue weighted by molar-refractivity contribution is 9.10. The summed E-state index contributed by atoms with van der Waals surface area (Å²) in [6, 6.07) is 16.5. The van der Waals surface area contributed by atoms with Crippen LogP contribution in [0.25, 0.3) is 22.3 Å². The lowest BCUT2D eigenvalue weighted by Crippen LogP contribution is -2.14. The van der Waals surface area contributed by atoms with Gasteiger partial charge in [0.05, 0.1) is 23.3 Å². The van der Waals surface area contributed by atoms with Gasteiger partial charge in [0.2, 0.25) is 5.91 Å². The molecule has 5 rings (SSSR count). The number of rotatable bonds is 6. The molecule has 3 aromatic heterocycles. The van der Waals surface area contributed by atoms with Gasteiger partial charge in [-0.25, -0.2) is 5.10 Å². The van der Waals surface area contributed by atoms with Gasteiger partial charge in [0, 0.05) is 20.3 Å². The second kappa shape index (κ2) is 8.96. The van der Waals surface area contributed by atoms with E-state index in [-0.39, 0.29) is 11.8 Å². The van der Waals surface area contributed by atoms with E-state index >= 15 is 0 Å². The van der Waals surface area contributed by atoms with E-state index in [2.05, 4.69) is 52.2 Å². The Labute approximate surface area is 199 Å². The third-order valence-electron chi connectivity index (χ3n) is 4.92. The van der Waals surface area contributed by atoms with Crippen molar-refractivity contribution in [2.45, 2.75) is 6.42 Å². The van der Waals surface area contributed by atoms with E-state index in [1.54, 1.807) is 18.2 Å². The minimum Gasteiger partial charge on any atom is -0.349 e. The first-order valence-electron chi connectivity index (χ1n) is 9.86. The zero-order chi connectivity index (χ0) is 22.8. The van der Waals surface area contributed by atoms with Crippen LogP contribution in [0.15, 0.2) is 64.5 Å². The van der Waals surface area contributed by atoms with Gasteiger partial charge >= 0.3 is 0 Å². The van der Waals surface area contributed by atoms with E-state index in [1.165, 1.54) is 11.3 Å². The molecule has 0 aliphatic carbocycles. The third-order valence-corrected chi connectivity index (χ3v) is 6.29. The largest absolute Gasteiger partial charge is 0.349 e. The summed E-state index contributed by atoms with van der Waals surface area (Å²) in [4.78, 5) is 29.6.